The molecule has 0 fully saturated rings. The standard InChI is InChI=1S/C12H21Cl2N/c1-2-3-4-5-6-8-11-12(13,14)9-7-10-15-11/h2-10H2,1H3. The Balaban J connectivity index is 2.22. The number of halogens is 2. The second kappa shape index (κ2) is 6.75. The van der Waals surface area contributed by atoms with Crippen molar-refractivity contribution < 1.29 is 0 Å². The summed E-state index contributed by atoms with van der Waals surface area (Å²) >= 11 is 12.4. The van der Waals surface area contributed by atoms with Gasteiger partial charge in [-0.05, 0) is 25.7 Å². The Morgan fingerprint density at radius 3 is 2.60 bits per heavy atom. The van der Waals surface area contributed by atoms with Crippen LogP contribution in [0.25, 0.3) is 0 Å². The van der Waals surface area contributed by atoms with Gasteiger partial charge >= 0.3 is 0 Å². The summed E-state index contributed by atoms with van der Waals surface area (Å²) in [5, 5.41) is 0. The molecular formula is C12H21Cl2N. The van der Waals surface area contributed by atoms with Crippen LogP contribution in [0.4, 0.5) is 0 Å². The maximum atomic E-state index is 6.21. The molecule has 3 heteroatoms. The van der Waals surface area contributed by atoms with Crippen molar-refractivity contribution in [2.45, 2.75) is 62.6 Å². The van der Waals surface area contributed by atoms with E-state index in [0.717, 1.165) is 31.5 Å². The Kier molecular flexibility index (Phi) is 5.99. The molecule has 1 aliphatic heterocycles. The van der Waals surface area contributed by atoms with Gasteiger partial charge in [-0.15, -0.1) is 0 Å². The van der Waals surface area contributed by atoms with Crippen LogP contribution in [0.2, 0.25) is 0 Å². The van der Waals surface area contributed by atoms with E-state index in [2.05, 4.69) is 11.9 Å². The van der Waals surface area contributed by atoms with Gasteiger partial charge in [-0.3, -0.25) is 4.99 Å². The summed E-state index contributed by atoms with van der Waals surface area (Å²) in [6.45, 7) is 3.14. The van der Waals surface area contributed by atoms with Crippen molar-refractivity contribution in [1.29, 1.82) is 0 Å². The zero-order valence-electron chi connectivity index (χ0n) is 9.57. The Morgan fingerprint density at radius 2 is 1.93 bits per heavy atom. The minimum Gasteiger partial charge on any atom is -0.291 e. The lowest BCUT2D eigenvalue weighted by Crippen LogP contribution is -2.29. The van der Waals surface area contributed by atoms with Gasteiger partial charge in [0.2, 0.25) is 0 Å². The van der Waals surface area contributed by atoms with Crippen molar-refractivity contribution in [3.8, 4) is 0 Å². The fourth-order valence-electron chi connectivity index (χ4n) is 1.93. The third kappa shape index (κ3) is 4.74. The van der Waals surface area contributed by atoms with E-state index in [-0.39, 0.29) is 0 Å². The molecule has 0 atom stereocenters. The molecule has 88 valence electrons. The highest BCUT2D eigenvalue weighted by molar-refractivity contribution is 6.59. The van der Waals surface area contributed by atoms with Crippen molar-refractivity contribution in [2.24, 2.45) is 4.99 Å². The monoisotopic (exact) mass is 249 g/mol. The lowest BCUT2D eigenvalue weighted by molar-refractivity contribution is 0.630. The molecule has 0 amide bonds. The summed E-state index contributed by atoms with van der Waals surface area (Å²) < 4.78 is -0.664. The summed E-state index contributed by atoms with van der Waals surface area (Å²) in [6.07, 6.45) is 9.26. The fraction of sp³-hybridized carbons (Fsp3) is 0.917. The zero-order valence-corrected chi connectivity index (χ0v) is 11.1. The van der Waals surface area contributed by atoms with Crippen LogP contribution in [-0.4, -0.2) is 16.6 Å². The first-order chi connectivity index (χ1) is 7.17. The summed E-state index contributed by atoms with van der Waals surface area (Å²) in [6, 6.07) is 0. The van der Waals surface area contributed by atoms with Crippen molar-refractivity contribution >= 4 is 28.9 Å². The quantitative estimate of drug-likeness (QED) is 0.476. The van der Waals surface area contributed by atoms with E-state index >= 15 is 0 Å². The van der Waals surface area contributed by atoms with Crippen LogP contribution in [0, 0.1) is 0 Å². The maximum absolute atomic E-state index is 6.21. The maximum Gasteiger partial charge on any atom is 0.155 e. The van der Waals surface area contributed by atoms with Crippen LogP contribution in [0.3, 0.4) is 0 Å². The van der Waals surface area contributed by atoms with E-state index in [1.807, 2.05) is 0 Å². The van der Waals surface area contributed by atoms with Gasteiger partial charge in [0, 0.05) is 12.3 Å². The molecule has 0 N–H and O–H groups in total. The number of unbranched alkanes of at least 4 members (excludes halogenated alkanes) is 4. The predicted octanol–water partition coefficient (Wildman–Crippen LogP) is 4.76. The number of hydrogen-bond donors (Lipinski definition) is 0. The third-order valence-electron chi connectivity index (χ3n) is 2.89. The second-order valence-electron chi connectivity index (χ2n) is 4.30. The number of aliphatic imine (C=N–C) groups is 1. The Morgan fingerprint density at radius 1 is 1.20 bits per heavy atom. The molecule has 0 saturated heterocycles. The topological polar surface area (TPSA) is 12.4 Å². The summed E-state index contributed by atoms with van der Waals surface area (Å²) in [4.78, 5) is 4.45. The van der Waals surface area contributed by atoms with E-state index < -0.39 is 4.33 Å². The number of nitrogens with zero attached hydrogens (tertiary/aromatic N) is 1. The molecule has 1 nitrogen and oxygen atoms in total. The van der Waals surface area contributed by atoms with E-state index in [1.165, 1.54) is 32.1 Å². The highest BCUT2D eigenvalue weighted by Gasteiger charge is 2.31. The predicted molar refractivity (Wildman–Crippen MR) is 69.3 cm³/mol. The van der Waals surface area contributed by atoms with Crippen molar-refractivity contribution in [2.75, 3.05) is 6.54 Å². The molecule has 1 aliphatic rings. The number of rotatable bonds is 6. The smallest absolute Gasteiger partial charge is 0.155 e. The van der Waals surface area contributed by atoms with E-state index in [1.54, 1.807) is 0 Å². The normalized spacial score (nSPS) is 20.1. The SMILES string of the molecule is CCCCCCCC1=NCCCC1(Cl)Cl. The van der Waals surface area contributed by atoms with Gasteiger partial charge in [0.25, 0.3) is 0 Å². The molecule has 0 aliphatic carbocycles. The Hall–Kier alpha value is 0.250. The Labute approximate surface area is 103 Å². The molecule has 0 aromatic carbocycles. The molecule has 0 bridgehead atoms. The second-order valence-corrected chi connectivity index (χ2v) is 5.78. The van der Waals surface area contributed by atoms with Gasteiger partial charge in [0.05, 0.1) is 0 Å². The molecule has 15 heavy (non-hydrogen) atoms. The molecule has 0 saturated carbocycles. The van der Waals surface area contributed by atoms with Gasteiger partial charge in [-0.2, -0.15) is 0 Å². The molecule has 0 spiro atoms. The molecule has 0 radical (unpaired) electrons. The lowest BCUT2D eigenvalue weighted by Gasteiger charge is -2.25. The summed E-state index contributed by atoms with van der Waals surface area (Å²) in [5.41, 5.74) is 1.02. The lowest BCUT2D eigenvalue weighted by atomic mass is 10.0. The van der Waals surface area contributed by atoms with Gasteiger partial charge in [0.15, 0.2) is 4.33 Å². The van der Waals surface area contributed by atoms with Gasteiger partial charge in [-0.1, -0.05) is 55.8 Å². The molecule has 1 rings (SSSR count). The van der Waals surface area contributed by atoms with Crippen LogP contribution in [0.15, 0.2) is 4.99 Å². The fourth-order valence-corrected chi connectivity index (χ4v) is 2.51. The van der Waals surface area contributed by atoms with Crippen LogP contribution in [-0.2, 0) is 0 Å². The van der Waals surface area contributed by atoms with Crippen molar-refractivity contribution in [3.05, 3.63) is 0 Å². The largest absolute Gasteiger partial charge is 0.291 e. The number of alkyl halides is 2. The summed E-state index contributed by atoms with van der Waals surface area (Å²) in [5.74, 6) is 0. The van der Waals surface area contributed by atoms with Crippen LogP contribution in [0.1, 0.15) is 58.3 Å². The summed E-state index contributed by atoms with van der Waals surface area (Å²) in [7, 11) is 0. The first kappa shape index (κ1) is 13.3. The zero-order chi connectivity index (χ0) is 11.1. The molecule has 0 unspecified atom stereocenters. The average Bonchev–Trinajstić information content (AvgIpc) is 2.19. The first-order valence-electron chi connectivity index (χ1n) is 6.08. The molecule has 0 aromatic heterocycles. The van der Waals surface area contributed by atoms with E-state index in [9.17, 15) is 0 Å². The molecule has 0 aromatic rings. The highest BCUT2D eigenvalue weighted by Crippen LogP contribution is 2.33. The van der Waals surface area contributed by atoms with Gasteiger partial charge in [0.1, 0.15) is 0 Å². The van der Waals surface area contributed by atoms with Crippen molar-refractivity contribution in [3.63, 3.8) is 0 Å². The van der Waals surface area contributed by atoms with Gasteiger partial charge < -0.3 is 0 Å². The van der Waals surface area contributed by atoms with E-state index in [0.29, 0.717) is 0 Å². The Bertz CT molecular complexity index is 212. The third-order valence-corrected chi connectivity index (χ3v) is 3.71. The minimum atomic E-state index is -0.664. The van der Waals surface area contributed by atoms with Crippen LogP contribution >= 0.6 is 23.2 Å². The molecule has 1 heterocycles. The number of hydrogen-bond acceptors (Lipinski definition) is 1. The first-order valence-corrected chi connectivity index (χ1v) is 6.84. The van der Waals surface area contributed by atoms with Crippen LogP contribution < -0.4 is 0 Å². The molecular weight excluding hydrogens is 229 g/mol. The van der Waals surface area contributed by atoms with Crippen molar-refractivity contribution in [1.82, 2.24) is 0 Å². The van der Waals surface area contributed by atoms with E-state index in [4.69, 9.17) is 23.2 Å². The van der Waals surface area contributed by atoms with Gasteiger partial charge in [-0.25, -0.2) is 0 Å². The minimum absolute atomic E-state index is 0.664. The van der Waals surface area contributed by atoms with Crippen LogP contribution in [0.5, 0.6) is 0 Å². The highest BCUT2D eigenvalue weighted by atomic mass is 35.5. The average molecular weight is 250 g/mol.